The van der Waals surface area contributed by atoms with Gasteiger partial charge in [0.25, 0.3) is 15.9 Å². The summed E-state index contributed by atoms with van der Waals surface area (Å²) in [5.74, 6) is -0.508. The maximum atomic E-state index is 12.8. The number of aryl methyl sites for hydroxylation is 2. The quantitative estimate of drug-likeness (QED) is 0.578. The minimum absolute atomic E-state index is 0.000405. The first-order valence-corrected chi connectivity index (χ1v) is 10.5. The topological polar surface area (TPSA) is 84.5 Å². The second-order valence-corrected chi connectivity index (χ2v) is 8.29. The average molecular weight is 410 g/mol. The second kappa shape index (κ2) is 8.89. The molecule has 0 saturated heterocycles. The summed E-state index contributed by atoms with van der Waals surface area (Å²) >= 11 is 0. The van der Waals surface area contributed by atoms with E-state index >= 15 is 0 Å². The number of para-hydroxylation sites is 1. The Morgan fingerprint density at radius 3 is 2.31 bits per heavy atom. The molecule has 0 spiro atoms. The molecule has 0 saturated carbocycles. The van der Waals surface area contributed by atoms with E-state index in [1.54, 1.807) is 25.1 Å². The third-order valence-corrected chi connectivity index (χ3v) is 5.76. The van der Waals surface area contributed by atoms with Crippen molar-refractivity contribution in [2.24, 2.45) is 0 Å². The molecular formula is C22H22N2O4S. The lowest BCUT2D eigenvalue weighted by molar-refractivity contribution is 0.0233. The minimum atomic E-state index is -3.84. The molecule has 0 aliphatic rings. The van der Waals surface area contributed by atoms with Crippen LogP contribution in [0.4, 0.5) is 5.69 Å². The Bertz CT molecular complexity index is 1110. The van der Waals surface area contributed by atoms with E-state index in [-0.39, 0.29) is 17.1 Å². The molecule has 0 heterocycles. The fourth-order valence-corrected chi connectivity index (χ4v) is 3.87. The van der Waals surface area contributed by atoms with Gasteiger partial charge in [0, 0.05) is 5.56 Å². The average Bonchev–Trinajstić information content (AvgIpc) is 2.70. The van der Waals surface area contributed by atoms with E-state index in [0.717, 1.165) is 11.1 Å². The summed E-state index contributed by atoms with van der Waals surface area (Å²) in [5, 5.41) is 0. The fourth-order valence-electron chi connectivity index (χ4n) is 2.72. The molecule has 29 heavy (non-hydrogen) atoms. The SMILES string of the molecule is Cc1ccccc1NS(=O)(=O)c1ccc(C)c(C(=O)NOCc2ccccc2)c1. The van der Waals surface area contributed by atoms with Gasteiger partial charge in [-0.15, -0.1) is 0 Å². The van der Waals surface area contributed by atoms with E-state index < -0.39 is 15.9 Å². The normalized spacial score (nSPS) is 11.1. The summed E-state index contributed by atoms with van der Waals surface area (Å²) in [7, 11) is -3.84. The maximum Gasteiger partial charge on any atom is 0.275 e. The smallest absolute Gasteiger partial charge is 0.275 e. The van der Waals surface area contributed by atoms with Gasteiger partial charge in [-0.25, -0.2) is 13.9 Å². The number of sulfonamides is 1. The first-order valence-electron chi connectivity index (χ1n) is 9.02. The van der Waals surface area contributed by atoms with Gasteiger partial charge in [-0.3, -0.25) is 14.4 Å². The number of carbonyl (C=O) groups is 1. The fraction of sp³-hybridized carbons (Fsp3) is 0.136. The molecule has 150 valence electrons. The van der Waals surface area contributed by atoms with Gasteiger partial charge < -0.3 is 0 Å². The number of hydrogen-bond acceptors (Lipinski definition) is 4. The molecule has 0 radical (unpaired) electrons. The Labute approximate surface area is 170 Å². The third kappa shape index (κ3) is 5.22. The van der Waals surface area contributed by atoms with Gasteiger partial charge >= 0.3 is 0 Å². The molecule has 0 unspecified atom stereocenters. The minimum Gasteiger partial charge on any atom is -0.279 e. The number of amides is 1. The zero-order valence-corrected chi connectivity index (χ0v) is 17.0. The monoisotopic (exact) mass is 410 g/mol. The van der Waals surface area contributed by atoms with Gasteiger partial charge in [0.15, 0.2) is 0 Å². The van der Waals surface area contributed by atoms with Crippen LogP contribution in [0.25, 0.3) is 0 Å². The number of nitrogens with one attached hydrogen (secondary N) is 2. The van der Waals surface area contributed by atoms with Gasteiger partial charge in [0.05, 0.1) is 17.2 Å². The molecule has 3 aromatic carbocycles. The van der Waals surface area contributed by atoms with Crippen LogP contribution in [0.1, 0.15) is 27.0 Å². The largest absolute Gasteiger partial charge is 0.279 e. The van der Waals surface area contributed by atoms with Crippen LogP contribution in [-0.2, 0) is 21.5 Å². The van der Waals surface area contributed by atoms with Crippen LogP contribution < -0.4 is 10.2 Å². The molecule has 3 aromatic rings. The lowest BCUT2D eigenvalue weighted by atomic mass is 10.1. The molecule has 0 aliphatic carbocycles. The summed E-state index contributed by atoms with van der Waals surface area (Å²) < 4.78 is 28.1. The van der Waals surface area contributed by atoms with Crippen LogP contribution >= 0.6 is 0 Å². The van der Waals surface area contributed by atoms with Crippen LogP contribution in [0.2, 0.25) is 0 Å². The van der Waals surface area contributed by atoms with Crippen molar-refractivity contribution in [1.82, 2.24) is 5.48 Å². The van der Waals surface area contributed by atoms with Crippen LogP contribution in [-0.4, -0.2) is 14.3 Å². The van der Waals surface area contributed by atoms with Crippen LogP contribution in [0.3, 0.4) is 0 Å². The summed E-state index contributed by atoms with van der Waals surface area (Å²) in [5.41, 5.74) is 5.44. The predicted molar refractivity (Wildman–Crippen MR) is 112 cm³/mol. The highest BCUT2D eigenvalue weighted by atomic mass is 32.2. The number of anilines is 1. The molecule has 0 aromatic heterocycles. The van der Waals surface area contributed by atoms with Crippen molar-refractivity contribution in [3.05, 3.63) is 95.1 Å². The van der Waals surface area contributed by atoms with Crippen molar-refractivity contribution in [3.63, 3.8) is 0 Å². The molecule has 0 bridgehead atoms. The molecular weight excluding hydrogens is 388 g/mol. The highest BCUT2D eigenvalue weighted by molar-refractivity contribution is 7.92. The van der Waals surface area contributed by atoms with Crippen molar-refractivity contribution >= 4 is 21.6 Å². The number of hydrogen-bond donors (Lipinski definition) is 2. The van der Waals surface area contributed by atoms with Crippen molar-refractivity contribution < 1.29 is 18.0 Å². The number of carbonyl (C=O) groups excluding carboxylic acids is 1. The van der Waals surface area contributed by atoms with Gasteiger partial charge in [0.1, 0.15) is 0 Å². The lowest BCUT2D eigenvalue weighted by Crippen LogP contribution is -2.25. The summed E-state index contributed by atoms with van der Waals surface area (Å²) in [6.07, 6.45) is 0. The van der Waals surface area contributed by atoms with E-state index in [1.165, 1.54) is 12.1 Å². The molecule has 0 aliphatic heterocycles. The summed E-state index contributed by atoms with van der Waals surface area (Å²) in [6.45, 7) is 3.76. The Morgan fingerprint density at radius 2 is 1.59 bits per heavy atom. The lowest BCUT2D eigenvalue weighted by Gasteiger charge is -2.13. The number of benzene rings is 3. The Morgan fingerprint density at radius 1 is 0.897 bits per heavy atom. The van der Waals surface area contributed by atoms with E-state index in [0.29, 0.717) is 11.3 Å². The van der Waals surface area contributed by atoms with Crippen molar-refractivity contribution in [2.45, 2.75) is 25.3 Å². The molecule has 7 heteroatoms. The molecule has 0 atom stereocenters. The Hall–Kier alpha value is -3.16. The second-order valence-electron chi connectivity index (χ2n) is 6.60. The standard InChI is InChI=1S/C22H22N2O4S/c1-16-12-13-19(29(26,27)24-21-11-7-6-8-17(21)2)14-20(16)22(25)23-28-15-18-9-4-3-5-10-18/h3-14,24H,15H2,1-2H3,(H,23,25). The maximum absolute atomic E-state index is 12.8. The van der Waals surface area contributed by atoms with Gasteiger partial charge in [-0.1, -0.05) is 54.6 Å². The van der Waals surface area contributed by atoms with Gasteiger partial charge in [-0.2, -0.15) is 0 Å². The zero-order chi connectivity index (χ0) is 20.9. The number of hydroxylamine groups is 1. The van der Waals surface area contributed by atoms with Crippen molar-refractivity contribution in [1.29, 1.82) is 0 Å². The first-order chi connectivity index (χ1) is 13.9. The van der Waals surface area contributed by atoms with Crippen LogP contribution in [0.15, 0.2) is 77.7 Å². The molecule has 2 N–H and O–H groups in total. The van der Waals surface area contributed by atoms with Gasteiger partial charge in [0.2, 0.25) is 0 Å². The summed E-state index contributed by atoms with van der Waals surface area (Å²) in [4.78, 5) is 17.8. The van der Waals surface area contributed by atoms with Crippen molar-refractivity contribution in [3.8, 4) is 0 Å². The highest BCUT2D eigenvalue weighted by Gasteiger charge is 2.19. The number of rotatable bonds is 7. The molecule has 6 nitrogen and oxygen atoms in total. The van der Waals surface area contributed by atoms with Gasteiger partial charge in [-0.05, 0) is 48.7 Å². The Balaban J connectivity index is 1.74. The van der Waals surface area contributed by atoms with E-state index in [4.69, 9.17) is 4.84 Å². The van der Waals surface area contributed by atoms with Crippen LogP contribution in [0.5, 0.6) is 0 Å². The molecule has 0 fully saturated rings. The molecule has 3 rings (SSSR count). The van der Waals surface area contributed by atoms with Crippen molar-refractivity contribution in [2.75, 3.05) is 4.72 Å². The summed E-state index contributed by atoms with van der Waals surface area (Å²) in [6, 6.07) is 20.9. The first kappa shape index (κ1) is 20.6. The van der Waals surface area contributed by atoms with E-state index in [2.05, 4.69) is 10.2 Å². The van der Waals surface area contributed by atoms with E-state index in [1.807, 2.05) is 49.4 Å². The van der Waals surface area contributed by atoms with E-state index in [9.17, 15) is 13.2 Å². The Kier molecular flexibility index (Phi) is 6.31. The predicted octanol–water partition coefficient (Wildman–Crippen LogP) is 3.97. The molecule has 1 amide bonds. The third-order valence-electron chi connectivity index (χ3n) is 4.40. The zero-order valence-electron chi connectivity index (χ0n) is 16.2. The van der Waals surface area contributed by atoms with Crippen LogP contribution in [0, 0.1) is 13.8 Å². The highest BCUT2D eigenvalue weighted by Crippen LogP contribution is 2.21.